The number of likely N-dealkylation sites (tertiary alicyclic amines) is 1. The Kier molecular flexibility index (Phi) is 10.4. The number of aliphatic imine (C=N–C) groups is 1. The Labute approximate surface area is 183 Å². The van der Waals surface area contributed by atoms with Gasteiger partial charge in [0.2, 0.25) is 5.91 Å². The molecular weight excluding hydrogens is 508 g/mol. The molecule has 12 heteroatoms. The Morgan fingerprint density at radius 1 is 1.39 bits per heavy atom. The van der Waals surface area contributed by atoms with Crippen LogP contribution in [0.4, 0.5) is 13.2 Å². The monoisotopic (exact) mass is 534 g/mol. The largest absolute Gasteiger partial charge is 0.434 e. The van der Waals surface area contributed by atoms with Crippen LogP contribution < -0.4 is 16.0 Å². The quantitative estimate of drug-likeness (QED) is 0.296. The Hall–Kier alpha value is -1.15. The fraction of sp³-hybridized carbons (Fsp3) is 0.688. The first-order valence-corrected chi connectivity index (χ1v) is 9.69. The third kappa shape index (κ3) is 8.07. The number of nitrogens with one attached hydrogen (secondary N) is 3. The van der Waals surface area contributed by atoms with Crippen molar-refractivity contribution in [1.29, 1.82) is 0 Å². The SMILES string of the molecule is CCNC(=NCc1nc(C(F)(F)F)cs1)NC1CCN(CC(=O)NC)CC1.I. The van der Waals surface area contributed by atoms with Crippen LogP contribution >= 0.6 is 35.3 Å². The number of rotatable bonds is 6. The third-order valence-corrected chi connectivity index (χ3v) is 4.97. The predicted octanol–water partition coefficient (Wildman–Crippen LogP) is 2.05. The summed E-state index contributed by atoms with van der Waals surface area (Å²) >= 11 is 0.952. The van der Waals surface area contributed by atoms with Crippen molar-refractivity contribution in [2.24, 2.45) is 4.99 Å². The number of halogens is 4. The normalized spacial score (nSPS) is 16.4. The van der Waals surface area contributed by atoms with Gasteiger partial charge < -0.3 is 16.0 Å². The summed E-state index contributed by atoms with van der Waals surface area (Å²) in [4.78, 5) is 21.5. The summed E-state index contributed by atoms with van der Waals surface area (Å²) in [5.74, 6) is 0.559. The van der Waals surface area contributed by atoms with Crippen LogP contribution in [-0.4, -0.2) is 61.0 Å². The minimum Gasteiger partial charge on any atom is -0.358 e. The molecule has 0 atom stereocenters. The molecule has 28 heavy (non-hydrogen) atoms. The summed E-state index contributed by atoms with van der Waals surface area (Å²) in [6.45, 7) is 4.65. The number of aromatic nitrogens is 1. The first kappa shape index (κ1) is 24.9. The van der Waals surface area contributed by atoms with E-state index >= 15 is 0 Å². The number of carbonyl (C=O) groups excluding carboxylic acids is 1. The van der Waals surface area contributed by atoms with Crippen LogP contribution in [0.15, 0.2) is 10.4 Å². The van der Waals surface area contributed by atoms with Gasteiger partial charge in [0.05, 0.1) is 13.1 Å². The maximum absolute atomic E-state index is 12.6. The van der Waals surface area contributed by atoms with Crippen LogP contribution in [0.3, 0.4) is 0 Å². The number of hydrogen-bond acceptors (Lipinski definition) is 5. The van der Waals surface area contributed by atoms with E-state index in [2.05, 4.69) is 30.8 Å². The molecule has 1 fully saturated rings. The molecule has 0 saturated carbocycles. The van der Waals surface area contributed by atoms with Crippen molar-refractivity contribution in [2.45, 2.75) is 38.5 Å². The number of carbonyl (C=O) groups is 1. The predicted molar refractivity (Wildman–Crippen MR) is 114 cm³/mol. The second-order valence-electron chi connectivity index (χ2n) is 6.19. The van der Waals surface area contributed by atoms with Gasteiger partial charge in [-0.2, -0.15) is 13.2 Å². The first-order valence-electron chi connectivity index (χ1n) is 8.81. The highest BCUT2D eigenvalue weighted by Gasteiger charge is 2.33. The van der Waals surface area contributed by atoms with Crippen LogP contribution in [-0.2, 0) is 17.5 Å². The molecule has 2 rings (SSSR count). The number of piperidine rings is 1. The summed E-state index contributed by atoms with van der Waals surface area (Å²) in [5, 5.41) is 10.4. The molecule has 0 radical (unpaired) electrons. The first-order chi connectivity index (χ1) is 12.8. The number of guanidine groups is 1. The molecule has 160 valence electrons. The van der Waals surface area contributed by atoms with Gasteiger partial charge in [0, 0.05) is 38.1 Å². The second-order valence-corrected chi connectivity index (χ2v) is 7.13. The number of hydrogen-bond donors (Lipinski definition) is 3. The van der Waals surface area contributed by atoms with Gasteiger partial charge in [-0.25, -0.2) is 9.98 Å². The van der Waals surface area contributed by atoms with Crippen molar-refractivity contribution in [1.82, 2.24) is 25.8 Å². The third-order valence-electron chi connectivity index (χ3n) is 4.13. The van der Waals surface area contributed by atoms with E-state index in [4.69, 9.17) is 0 Å². The minimum absolute atomic E-state index is 0. The average Bonchev–Trinajstić information content (AvgIpc) is 3.11. The maximum atomic E-state index is 12.6. The van der Waals surface area contributed by atoms with Gasteiger partial charge in [-0.3, -0.25) is 9.69 Å². The number of thiazole rings is 1. The zero-order valence-corrected chi connectivity index (χ0v) is 19.0. The molecule has 1 aliphatic rings. The van der Waals surface area contributed by atoms with E-state index < -0.39 is 11.9 Å². The zero-order valence-electron chi connectivity index (χ0n) is 15.8. The highest BCUT2D eigenvalue weighted by molar-refractivity contribution is 14.0. The molecule has 0 aromatic carbocycles. The van der Waals surface area contributed by atoms with E-state index in [-0.39, 0.29) is 42.5 Å². The van der Waals surface area contributed by atoms with Crippen molar-refractivity contribution < 1.29 is 18.0 Å². The lowest BCUT2D eigenvalue weighted by molar-refractivity contribution is -0.140. The maximum Gasteiger partial charge on any atom is 0.434 e. The molecule has 1 aliphatic heterocycles. The van der Waals surface area contributed by atoms with Gasteiger partial charge in [0.25, 0.3) is 0 Å². The fourth-order valence-electron chi connectivity index (χ4n) is 2.69. The molecule has 0 spiro atoms. The van der Waals surface area contributed by atoms with Crippen LogP contribution in [0.25, 0.3) is 0 Å². The zero-order chi connectivity index (χ0) is 19.9. The van der Waals surface area contributed by atoms with E-state index in [1.807, 2.05) is 6.92 Å². The Bertz CT molecular complexity index is 647. The van der Waals surface area contributed by atoms with E-state index in [0.29, 0.717) is 24.1 Å². The molecule has 2 heterocycles. The van der Waals surface area contributed by atoms with Gasteiger partial charge in [-0.15, -0.1) is 35.3 Å². The summed E-state index contributed by atoms with van der Waals surface area (Å²) in [6, 6.07) is 0.200. The van der Waals surface area contributed by atoms with Crippen molar-refractivity contribution in [3.05, 3.63) is 16.1 Å². The lowest BCUT2D eigenvalue weighted by atomic mass is 10.1. The number of alkyl halides is 3. The Balaban J connectivity index is 0.00000392. The van der Waals surface area contributed by atoms with E-state index in [0.717, 1.165) is 42.6 Å². The van der Waals surface area contributed by atoms with Gasteiger partial charge in [-0.1, -0.05) is 0 Å². The van der Waals surface area contributed by atoms with Gasteiger partial charge in [0.1, 0.15) is 5.01 Å². The molecule has 3 N–H and O–H groups in total. The molecule has 1 aromatic rings. The summed E-state index contributed by atoms with van der Waals surface area (Å²) in [7, 11) is 1.62. The second kappa shape index (κ2) is 11.8. The Morgan fingerprint density at radius 3 is 2.61 bits per heavy atom. The summed E-state index contributed by atoms with van der Waals surface area (Å²) in [5.41, 5.74) is -0.876. The van der Waals surface area contributed by atoms with Crippen LogP contribution in [0.2, 0.25) is 0 Å². The van der Waals surface area contributed by atoms with Gasteiger partial charge in [0.15, 0.2) is 11.7 Å². The molecule has 0 aliphatic carbocycles. The standard InChI is InChI=1S/C16H25F3N6OS.HI/c1-3-21-15(22-8-14-24-12(10-27-14)16(17,18)19)23-11-4-6-25(7-5-11)9-13(26)20-2;/h10-11H,3-9H2,1-2H3,(H,20,26)(H2,21,22,23);1H. The number of amides is 1. The average molecular weight is 534 g/mol. The van der Waals surface area contributed by atoms with Gasteiger partial charge >= 0.3 is 6.18 Å². The van der Waals surface area contributed by atoms with Crippen molar-refractivity contribution in [3.63, 3.8) is 0 Å². The summed E-state index contributed by atoms with van der Waals surface area (Å²) in [6.07, 6.45) is -2.71. The minimum atomic E-state index is -4.43. The Morgan fingerprint density at radius 2 is 2.07 bits per heavy atom. The van der Waals surface area contributed by atoms with Crippen LogP contribution in [0, 0.1) is 0 Å². The molecule has 7 nitrogen and oxygen atoms in total. The van der Waals surface area contributed by atoms with Crippen molar-refractivity contribution in [3.8, 4) is 0 Å². The smallest absolute Gasteiger partial charge is 0.358 e. The van der Waals surface area contributed by atoms with E-state index in [1.165, 1.54) is 0 Å². The number of nitrogens with zero attached hydrogens (tertiary/aromatic N) is 3. The summed E-state index contributed by atoms with van der Waals surface area (Å²) < 4.78 is 37.9. The van der Waals surface area contributed by atoms with E-state index in [9.17, 15) is 18.0 Å². The topological polar surface area (TPSA) is 81.7 Å². The molecule has 0 unspecified atom stereocenters. The van der Waals surface area contributed by atoms with E-state index in [1.54, 1.807) is 7.05 Å². The van der Waals surface area contributed by atoms with Crippen molar-refractivity contribution >= 4 is 47.2 Å². The fourth-order valence-corrected chi connectivity index (χ4v) is 3.42. The molecule has 1 aromatic heterocycles. The highest BCUT2D eigenvalue weighted by Crippen LogP contribution is 2.30. The lowest BCUT2D eigenvalue weighted by Gasteiger charge is -2.32. The lowest BCUT2D eigenvalue weighted by Crippen LogP contribution is -2.50. The highest BCUT2D eigenvalue weighted by atomic mass is 127. The van der Waals surface area contributed by atoms with Crippen LogP contribution in [0.5, 0.6) is 0 Å². The number of likely N-dealkylation sites (N-methyl/N-ethyl adjacent to an activating group) is 1. The molecular formula is C16H26F3IN6OS. The van der Waals surface area contributed by atoms with Crippen LogP contribution in [0.1, 0.15) is 30.5 Å². The molecule has 1 amide bonds. The van der Waals surface area contributed by atoms with Crippen molar-refractivity contribution in [2.75, 3.05) is 33.2 Å². The molecule has 1 saturated heterocycles. The molecule has 0 bridgehead atoms. The van der Waals surface area contributed by atoms with Gasteiger partial charge in [-0.05, 0) is 19.8 Å².